The number of alkyl halides is 3. The fraction of sp³-hybridized carbons (Fsp3) is 0.375. The fourth-order valence-electron chi connectivity index (χ4n) is 4.08. The maximum atomic E-state index is 14.3. The average molecular weight is 525 g/mol. The highest BCUT2D eigenvalue weighted by Crippen LogP contribution is 2.49. The minimum absolute atomic E-state index is 0.0585. The van der Waals surface area contributed by atoms with Crippen molar-refractivity contribution in [3.8, 4) is 6.07 Å². The van der Waals surface area contributed by atoms with Crippen molar-refractivity contribution in [1.82, 2.24) is 10.2 Å². The van der Waals surface area contributed by atoms with E-state index in [-0.39, 0.29) is 28.0 Å². The van der Waals surface area contributed by atoms with Gasteiger partial charge in [-0.15, -0.1) is 0 Å². The molecule has 0 saturated carbocycles. The van der Waals surface area contributed by atoms with Gasteiger partial charge in [-0.1, -0.05) is 41.3 Å². The van der Waals surface area contributed by atoms with Gasteiger partial charge in [0.15, 0.2) is 0 Å². The van der Waals surface area contributed by atoms with Crippen molar-refractivity contribution in [1.29, 1.82) is 5.26 Å². The number of halogens is 5. The number of benzene rings is 2. The van der Waals surface area contributed by atoms with Crippen LogP contribution in [0.3, 0.4) is 0 Å². The molecule has 0 spiro atoms. The smallest absolute Gasteiger partial charge is 0.372 e. The van der Waals surface area contributed by atoms with Crippen LogP contribution in [0, 0.1) is 11.3 Å². The molecule has 35 heavy (non-hydrogen) atoms. The Balaban J connectivity index is 1.55. The molecule has 0 saturated heterocycles. The highest BCUT2D eigenvalue weighted by molar-refractivity contribution is 6.34. The van der Waals surface area contributed by atoms with Gasteiger partial charge in [0.05, 0.1) is 12.5 Å². The number of nitriles is 1. The Morgan fingerprint density at radius 1 is 1.20 bits per heavy atom. The lowest BCUT2D eigenvalue weighted by atomic mass is 9.89. The first-order chi connectivity index (χ1) is 16.4. The minimum atomic E-state index is -4.78. The molecule has 0 aromatic heterocycles. The summed E-state index contributed by atoms with van der Waals surface area (Å²) >= 11 is 11.9. The minimum Gasteiger partial charge on any atom is -0.372 e. The molecular formula is C24H21Cl2F3N4O2. The van der Waals surface area contributed by atoms with Gasteiger partial charge in [0, 0.05) is 34.3 Å². The lowest BCUT2D eigenvalue weighted by molar-refractivity contribution is -0.275. The monoisotopic (exact) mass is 524 g/mol. The number of oxime groups is 1. The van der Waals surface area contributed by atoms with Gasteiger partial charge in [-0.3, -0.25) is 4.79 Å². The summed E-state index contributed by atoms with van der Waals surface area (Å²) in [5, 5.41) is 16.0. The summed E-state index contributed by atoms with van der Waals surface area (Å²) in [6.07, 6.45) is -4.89. The maximum absolute atomic E-state index is 14.3. The van der Waals surface area contributed by atoms with Crippen molar-refractivity contribution in [2.24, 2.45) is 5.16 Å². The molecule has 2 atom stereocenters. The quantitative estimate of drug-likeness (QED) is 0.538. The van der Waals surface area contributed by atoms with Gasteiger partial charge >= 0.3 is 6.18 Å². The number of nitrogens with one attached hydrogen (secondary N) is 1. The van der Waals surface area contributed by atoms with Crippen LogP contribution in [0.1, 0.15) is 53.7 Å². The van der Waals surface area contributed by atoms with Gasteiger partial charge in [-0.25, -0.2) is 0 Å². The molecule has 0 aliphatic carbocycles. The van der Waals surface area contributed by atoms with Gasteiger partial charge in [0.1, 0.15) is 11.4 Å². The van der Waals surface area contributed by atoms with Crippen LogP contribution in [0.15, 0.2) is 41.6 Å². The standard InChI is InChI=1S/C24H21Cl2F3N4O2/c1-3-22(2,13-30)31-21(34)14-4-5-15-11-33(12-16(15)6-14)20-10-23(35-32-20,24(27,28)29)17-7-18(25)9-19(26)8-17/h4-9H,3,10-12H2,1-2H3,(H,31,34). The first kappa shape index (κ1) is 25.1. The number of nitrogens with zero attached hydrogens (tertiary/aromatic N) is 3. The zero-order valence-electron chi connectivity index (χ0n) is 18.8. The SMILES string of the molecule is CCC(C)(C#N)NC(=O)c1ccc2c(c1)CN(C1=NOC(c3cc(Cl)cc(Cl)c3)(C(F)(F)F)C1)C2. The number of amides is 1. The number of rotatable bonds is 4. The largest absolute Gasteiger partial charge is 0.435 e. The predicted octanol–water partition coefficient (Wildman–Crippen LogP) is 5.92. The first-order valence-electron chi connectivity index (χ1n) is 10.8. The van der Waals surface area contributed by atoms with Crippen LogP contribution in [0.25, 0.3) is 0 Å². The van der Waals surface area contributed by atoms with Crippen molar-refractivity contribution < 1.29 is 22.8 Å². The predicted molar refractivity (Wildman–Crippen MR) is 125 cm³/mol. The van der Waals surface area contributed by atoms with E-state index in [9.17, 15) is 23.2 Å². The molecule has 11 heteroatoms. The highest BCUT2D eigenvalue weighted by atomic mass is 35.5. The highest BCUT2D eigenvalue weighted by Gasteiger charge is 2.63. The van der Waals surface area contributed by atoms with Crippen molar-refractivity contribution in [3.05, 3.63) is 68.7 Å². The van der Waals surface area contributed by atoms with E-state index in [1.165, 1.54) is 18.2 Å². The Morgan fingerprint density at radius 3 is 2.46 bits per heavy atom. The van der Waals surface area contributed by atoms with E-state index in [4.69, 9.17) is 28.0 Å². The zero-order chi connectivity index (χ0) is 25.6. The summed E-state index contributed by atoms with van der Waals surface area (Å²) in [6, 6.07) is 10.9. The molecular weight excluding hydrogens is 504 g/mol. The third kappa shape index (κ3) is 4.65. The molecule has 0 fully saturated rings. The van der Waals surface area contributed by atoms with Crippen LogP contribution < -0.4 is 5.32 Å². The second-order valence-electron chi connectivity index (χ2n) is 8.85. The molecule has 2 aliphatic heterocycles. The Bertz CT molecular complexity index is 1240. The van der Waals surface area contributed by atoms with Crippen LogP contribution >= 0.6 is 23.2 Å². The van der Waals surface area contributed by atoms with E-state index in [1.807, 2.05) is 0 Å². The van der Waals surface area contributed by atoms with Crippen molar-refractivity contribution >= 4 is 34.9 Å². The van der Waals surface area contributed by atoms with Gasteiger partial charge < -0.3 is 15.1 Å². The summed E-state index contributed by atoms with van der Waals surface area (Å²) in [5.41, 5.74) is -1.93. The van der Waals surface area contributed by atoms with E-state index in [0.29, 0.717) is 18.5 Å². The molecule has 2 aromatic rings. The van der Waals surface area contributed by atoms with E-state index >= 15 is 0 Å². The van der Waals surface area contributed by atoms with Crippen LogP contribution in [0.2, 0.25) is 10.0 Å². The molecule has 0 bridgehead atoms. The second-order valence-corrected chi connectivity index (χ2v) is 9.72. The summed E-state index contributed by atoms with van der Waals surface area (Å²) < 4.78 is 42.8. The number of fused-ring (bicyclic) bond motifs is 1. The molecule has 2 aliphatic rings. The Labute approximate surface area is 210 Å². The average Bonchev–Trinajstić information content (AvgIpc) is 3.43. The lowest BCUT2D eigenvalue weighted by Gasteiger charge is -2.30. The molecule has 2 heterocycles. The normalized spacial score (nSPS) is 21.0. The van der Waals surface area contributed by atoms with Crippen molar-refractivity contribution in [2.45, 2.75) is 57.1 Å². The summed E-state index contributed by atoms with van der Waals surface area (Å²) in [5.74, 6) is -0.267. The Hall–Kier alpha value is -2.96. The van der Waals surface area contributed by atoms with Gasteiger partial charge in [0.2, 0.25) is 0 Å². The van der Waals surface area contributed by atoms with Crippen LogP contribution in [0.5, 0.6) is 0 Å². The zero-order valence-corrected chi connectivity index (χ0v) is 20.4. The topological polar surface area (TPSA) is 77.7 Å². The number of carbonyl (C=O) groups is 1. The first-order valence-corrected chi connectivity index (χ1v) is 11.5. The summed E-state index contributed by atoms with van der Waals surface area (Å²) in [4.78, 5) is 19.4. The van der Waals surface area contributed by atoms with Gasteiger partial charge in [-0.2, -0.15) is 18.4 Å². The molecule has 4 rings (SSSR count). The Morgan fingerprint density at radius 2 is 1.86 bits per heavy atom. The van der Waals surface area contributed by atoms with E-state index in [1.54, 1.807) is 36.9 Å². The van der Waals surface area contributed by atoms with Gasteiger partial charge in [-0.05, 0) is 54.8 Å². The number of carbonyl (C=O) groups excluding carboxylic acids is 1. The lowest BCUT2D eigenvalue weighted by Crippen LogP contribution is -2.44. The maximum Gasteiger partial charge on any atom is 0.435 e. The number of hydrogen-bond acceptors (Lipinski definition) is 5. The van der Waals surface area contributed by atoms with Crippen molar-refractivity contribution in [2.75, 3.05) is 0 Å². The van der Waals surface area contributed by atoms with Crippen molar-refractivity contribution in [3.63, 3.8) is 0 Å². The molecule has 1 amide bonds. The molecule has 1 N–H and O–H groups in total. The van der Waals surface area contributed by atoms with E-state index in [0.717, 1.165) is 11.1 Å². The molecule has 6 nitrogen and oxygen atoms in total. The summed E-state index contributed by atoms with van der Waals surface area (Å²) in [7, 11) is 0. The van der Waals surface area contributed by atoms with Crippen LogP contribution in [-0.4, -0.2) is 28.4 Å². The molecule has 184 valence electrons. The van der Waals surface area contributed by atoms with Gasteiger partial charge in [0.25, 0.3) is 11.5 Å². The fourth-order valence-corrected chi connectivity index (χ4v) is 4.61. The van der Waals surface area contributed by atoms with Crippen LogP contribution in [0.4, 0.5) is 13.2 Å². The number of hydrogen-bond donors (Lipinski definition) is 1. The van der Waals surface area contributed by atoms with Crippen LogP contribution in [-0.2, 0) is 23.5 Å². The second kappa shape index (κ2) is 8.92. The molecule has 2 aromatic carbocycles. The molecule has 0 radical (unpaired) electrons. The van der Waals surface area contributed by atoms with E-state index < -0.39 is 29.6 Å². The third-order valence-corrected chi connectivity index (χ3v) is 6.84. The number of amidine groups is 1. The molecule has 2 unspecified atom stereocenters. The third-order valence-electron chi connectivity index (χ3n) is 6.40. The Kier molecular flexibility index (Phi) is 6.41. The summed E-state index contributed by atoms with van der Waals surface area (Å²) in [6.45, 7) is 4.01. The van der Waals surface area contributed by atoms with E-state index in [2.05, 4.69) is 16.5 Å².